The van der Waals surface area contributed by atoms with Gasteiger partial charge in [0.25, 0.3) is 0 Å². The third kappa shape index (κ3) is 24.8. The lowest BCUT2D eigenvalue weighted by atomic mass is 10.2. The highest BCUT2D eigenvalue weighted by Crippen LogP contribution is 1.97. The zero-order chi connectivity index (χ0) is 14.4. The number of aliphatic hydroxyl groups excluding tert-OH is 1. The van der Waals surface area contributed by atoms with Gasteiger partial charge in [-0.2, -0.15) is 5.48 Å². The Kier molecular flexibility index (Phi) is 14.7. The minimum atomic E-state index is -4.41. The zero-order valence-electron chi connectivity index (χ0n) is 11.3. The first-order valence-electron chi connectivity index (χ1n) is 5.96. The van der Waals surface area contributed by atoms with E-state index in [-0.39, 0.29) is 6.10 Å². The number of hydrogen-bond acceptors (Lipinski definition) is 6. The molecule has 112 valence electrons. The molecule has 0 saturated heterocycles. The Labute approximate surface area is 109 Å². The molecule has 1 atom stereocenters. The Bertz CT molecular complexity index is 255. The van der Waals surface area contributed by atoms with Crippen molar-refractivity contribution in [3.05, 3.63) is 0 Å². The number of unbranched alkanes of at least 4 members (excludes halogenated alkanes) is 3. The minimum Gasteiger partial charge on any atom is -0.726 e. The highest BCUT2D eigenvalue weighted by Gasteiger charge is 1.97. The average Bonchev–Trinajstić information content (AvgIpc) is 2.27. The van der Waals surface area contributed by atoms with Crippen LogP contribution < -0.4 is 5.48 Å². The van der Waals surface area contributed by atoms with Gasteiger partial charge in [0, 0.05) is 0 Å². The van der Waals surface area contributed by atoms with E-state index in [1.54, 1.807) is 12.4 Å². The minimum absolute atomic E-state index is 0.277. The standard InChI is InChI=1S/C9H21NO2.CH4O4S/c1-3-4-5-6-7-12-10-8-9(2)11;1-5-6(2,3)4/h9-11H,3-8H2,1-2H3;1H3,(H,2,3,4). The molecule has 0 spiro atoms. The Morgan fingerprint density at radius 3 is 2.28 bits per heavy atom. The lowest BCUT2D eigenvalue weighted by Crippen LogP contribution is -2.85. The fourth-order valence-corrected chi connectivity index (χ4v) is 0.903. The summed E-state index contributed by atoms with van der Waals surface area (Å²) in [5.74, 6) is 0. The van der Waals surface area contributed by atoms with Crippen molar-refractivity contribution in [1.82, 2.24) is 0 Å². The van der Waals surface area contributed by atoms with Crippen molar-refractivity contribution < 1.29 is 32.6 Å². The van der Waals surface area contributed by atoms with Gasteiger partial charge in [0.15, 0.2) is 0 Å². The van der Waals surface area contributed by atoms with Gasteiger partial charge in [0.05, 0.1) is 7.11 Å². The van der Waals surface area contributed by atoms with Crippen LogP contribution in [0.3, 0.4) is 0 Å². The topological polar surface area (TPSA) is 112 Å². The van der Waals surface area contributed by atoms with E-state index in [2.05, 4.69) is 11.1 Å². The number of rotatable bonds is 9. The quantitative estimate of drug-likeness (QED) is 0.257. The Balaban J connectivity index is 0. The second-order valence-electron chi connectivity index (χ2n) is 3.76. The van der Waals surface area contributed by atoms with Crippen LogP contribution in [0.4, 0.5) is 0 Å². The van der Waals surface area contributed by atoms with Gasteiger partial charge >= 0.3 is 0 Å². The number of hydroxylamine groups is 1. The maximum Gasteiger partial charge on any atom is 0.217 e. The molecule has 0 bridgehead atoms. The van der Waals surface area contributed by atoms with E-state index in [9.17, 15) is 13.0 Å². The molecule has 0 amide bonds. The van der Waals surface area contributed by atoms with E-state index >= 15 is 0 Å². The summed E-state index contributed by atoms with van der Waals surface area (Å²) >= 11 is 0. The highest BCUT2D eigenvalue weighted by molar-refractivity contribution is 7.80. The molecule has 0 aromatic carbocycles. The fraction of sp³-hybridized carbons (Fsp3) is 1.00. The molecule has 7 nitrogen and oxygen atoms in total. The van der Waals surface area contributed by atoms with Crippen LogP contribution in [-0.4, -0.2) is 44.4 Å². The predicted molar refractivity (Wildman–Crippen MR) is 65.3 cm³/mol. The summed E-state index contributed by atoms with van der Waals surface area (Å²) in [4.78, 5) is 5.21. The zero-order valence-corrected chi connectivity index (χ0v) is 12.1. The summed E-state index contributed by atoms with van der Waals surface area (Å²) < 4.78 is 31.0. The predicted octanol–water partition coefficient (Wildman–Crippen LogP) is -0.464. The van der Waals surface area contributed by atoms with Crippen LogP contribution in [-0.2, 0) is 19.4 Å². The third-order valence-electron chi connectivity index (χ3n) is 1.88. The van der Waals surface area contributed by atoms with Crippen molar-refractivity contribution in [2.45, 2.75) is 45.6 Å². The van der Waals surface area contributed by atoms with Crippen LogP contribution in [0.2, 0.25) is 0 Å². The molecule has 0 radical (unpaired) electrons. The SMILES string of the molecule is CCCCCCO[NH2+]CC(C)O.COS(=O)(=O)[O-]. The summed E-state index contributed by atoms with van der Waals surface area (Å²) in [7, 11) is -3.60. The Hall–Kier alpha value is -0.250. The molecule has 3 N–H and O–H groups in total. The Morgan fingerprint density at radius 1 is 1.33 bits per heavy atom. The molecule has 1 unspecified atom stereocenters. The van der Waals surface area contributed by atoms with E-state index in [0.29, 0.717) is 6.54 Å². The van der Waals surface area contributed by atoms with Crippen molar-refractivity contribution in [2.75, 3.05) is 20.3 Å². The summed E-state index contributed by atoms with van der Waals surface area (Å²) in [6.07, 6.45) is 4.65. The Morgan fingerprint density at radius 2 is 1.89 bits per heavy atom. The van der Waals surface area contributed by atoms with Crippen molar-refractivity contribution >= 4 is 10.4 Å². The lowest BCUT2D eigenvalue weighted by Gasteiger charge is -2.02. The molecule has 8 heteroatoms. The van der Waals surface area contributed by atoms with Crippen molar-refractivity contribution in [2.24, 2.45) is 0 Å². The highest BCUT2D eigenvalue weighted by atomic mass is 32.3. The van der Waals surface area contributed by atoms with Crippen LogP contribution in [0.1, 0.15) is 39.5 Å². The first-order valence-corrected chi connectivity index (χ1v) is 7.29. The summed E-state index contributed by atoms with van der Waals surface area (Å²) in [6, 6.07) is 0. The van der Waals surface area contributed by atoms with Gasteiger partial charge in [0.1, 0.15) is 19.3 Å². The lowest BCUT2D eigenvalue weighted by molar-refractivity contribution is -0.898. The fourth-order valence-electron chi connectivity index (χ4n) is 0.903. The second-order valence-corrected chi connectivity index (χ2v) is 4.91. The van der Waals surface area contributed by atoms with Gasteiger partial charge < -0.3 is 9.66 Å². The van der Waals surface area contributed by atoms with Crippen LogP contribution in [0.15, 0.2) is 0 Å². The smallest absolute Gasteiger partial charge is 0.217 e. The average molecular weight is 287 g/mol. The van der Waals surface area contributed by atoms with Gasteiger partial charge in [0.2, 0.25) is 10.4 Å². The number of nitrogens with two attached hydrogens (primary N) is 1. The van der Waals surface area contributed by atoms with E-state index in [1.165, 1.54) is 19.3 Å². The van der Waals surface area contributed by atoms with Crippen LogP contribution in [0.25, 0.3) is 0 Å². The molecular formula is C10H25NO6S. The maximum atomic E-state index is 9.22. The van der Waals surface area contributed by atoms with E-state index in [4.69, 9.17) is 9.94 Å². The van der Waals surface area contributed by atoms with Crippen molar-refractivity contribution in [3.8, 4) is 0 Å². The molecule has 0 heterocycles. The molecule has 0 aliphatic heterocycles. The maximum absolute atomic E-state index is 9.22. The molecule has 0 aliphatic rings. The number of aliphatic hydroxyl groups is 1. The molecule has 0 aliphatic carbocycles. The normalized spacial score (nSPS) is 12.7. The van der Waals surface area contributed by atoms with Crippen LogP contribution in [0.5, 0.6) is 0 Å². The van der Waals surface area contributed by atoms with Gasteiger partial charge in [-0.25, -0.2) is 13.3 Å². The van der Waals surface area contributed by atoms with E-state index < -0.39 is 10.4 Å². The number of hydrogen-bond donors (Lipinski definition) is 2. The van der Waals surface area contributed by atoms with E-state index in [0.717, 1.165) is 20.1 Å². The molecule has 0 aromatic rings. The third-order valence-corrected chi connectivity index (χ3v) is 2.28. The van der Waals surface area contributed by atoms with Gasteiger partial charge in [-0.05, 0) is 13.3 Å². The molecule has 18 heavy (non-hydrogen) atoms. The van der Waals surface area contributed by atoms with Gasteiger partial charge in [-0.1, -0.05) is 26.2 Å². The summed E-state index contributed by atoms with van der Waals surface area (Å²) in [5, 5.41) is 8.88. The number of quaternary nitrogens is 1. The summed E-state index contributed by atoms with van der Waals surface area (Å²) in [5.41, 5.74) is 1.70. The van der Waals surface area contributed by atoms with Crippen LogP contribution in [0, 0.1) is 0 Å². The molecule has 0 rings (SSSR count). The van der Waals surface area contributed by atoms with Crippen molar-refractivity contribution in [1.29, 1.82) is 0 Å². The molecular weight excluding hydrogens is 262 g/mol. The molecule has 0 aromatic heterocycles. The monoisotopic (exact) mass is 287 g/mol. The van der Waals surface area contributed by atoms with Gasteiger partial charge in [-0.15, -0.1) is 0 Å². The van der Waals surface area contributed by atoms with E-state index in [1.807, 2.05) is 0 Å². The second kappa shape index (κ2) is 13.2. The summed E-state index contributed by atoms with van der Waals surface area (Å²) in [6.45, 7) is 5.39. The first-order chi connectivity index (χ1) is 8.33. The van der Waals surface area contributed by atoms with Crippen molar-refractivity contribution in [3.63, 3.8) is 0 Å². The van der Waals surface area contributed by atoms with Gasteiger partial charge in [-0.3, -0.25) is 4.18 Å². The molecule has 0 fully saturated rings. The largest absolute Gasteiger partial charge is 0.726 e. The first kappa shape index (κ1) is 20.1. The van der Waals surface area contributed by atoms with Crippen LogP contribution >= 0.6 is 0 Å². The molecule has 0 saturated carbocycles.